The highest BCUT2D eigenvalue weighted by atomic mass is 32.2. The van der Waals surface area contributed by atoms with Crippen LogP contribution in [0.2, 0.25) is 0 Å². The molecule has 1 heterocycles. The van der Waals surface area contributed by atoms with Crippen LogP contribution in [0.1, 0.15) is 6.42 Å². The highest BCUT2D eigenvalue weighted by Crippen LogP contribution is 1.95. The lowest BCUT2D eigenvalue weighted by atomic mass is 10.4. The van der Waals surface area contributed by atoms with Gasteiger partial charge in [0.1, 0.15) is 0 Å². The van der Waals surface area contributed by atoms with Gasteiger partial charge in [-0.1, -0.05) is 0 Å². The van der Waals surface area contributed by atoms with Crippen molar-refractivity contribution in [3.05, 3.63) is 18.7 Å². The lowest BCUT2D eigenvalue weighted by molar-refractivity contribution is 0.451. The Labute approximate surface area is 102 Å². The number of aromatic nitrogens is 2. The monoisotopic (exact) mass is 261 g/mol. The van der Waals surface area contributed by atoms with Crippen molar-refractivity contribution in [2.24, 2.45) is 5.73 Å². The molecule has 0 saturated carbocycles. The average Bonchev–Trinajstić information content (AvgIpc) is 2.78. The van der Waals surface area contributed by atoms with E-state index in [0.717, 1.165) is 0 Å². The SMILES string of the molecule is CN(CCCN)S(=O)(=O)NCCn1ccnc1. The molecule has 17 heavy (non-hydrogen) atoms. The number of hydrogen-bond donors (Lipinski definition) is 2. The van der Waals surface area contributed by atoms with Gasteiger partial charge in [0.05, 0.1) is 6.33 Å². The normalized spacial score (nSPS) is 12.2. The van der Waals surface area contributed by atoms with E-state index in [-0.39, 0.29) is 0 Å². The van der Waals surface area contributed by atoms with Crippen LogP contribution in [0.25, 0.3) is 0 Å². The highest BCUT2D eigenvalue weighted by Gasteiger charge is 2.15. The van der Waals surface area contributed by atoms with Gasteiger partial charge in [-0.15, -0.1) is 0 Å². The maximum absolute atomic E-state index is 11.7. The first-order valence-corrected chi connectivity index (χ1v) is 6.87. The van der Waals surface area contributed by atoms with Crippen molar-refractivity contribution in [2.75, 3.05) is 26.7 Å². The first kappa shape index (κ1) is 14.1. The molecule has 1 aromatic heterocycles. The van der Waals surface area contributed by atoms with Crippen LogP contribution in [-0.4, -0.2) is 49.0 Å². The summed E-state index contributed by atoms with van der Waals surface area (Å²) in [5.41, 5.74) is 5.33. The van der Waals surface area contributed by atoms with Crippen LogP contribution >= 0.6 is 0 Å². The van der Waals surface area contributed by atoms with Crippen molar-refractivity contribution in [3.8, 4) is 0 Å². The molecule has 0 aliphatic heterocycles. The molecule has 1 aromatic rings. The minimum atomic E-state index is -3.39. The van der Waals surface area contributed by atoms with E-state index in [4.69, 9.17) is 5.73 Å². The summed E-state index contributed by atoms with van der Waals surface area (Å²) in [6.45, 7) is 1.81. The van der Waals surface area contributed by atoms with Gasteiger partial charge in [0.25, 0.3) is 10.2 Å². The predicted octanol–water partition coefficient (Wildman–Crippen LogP) is -1.00. The second-order valence-electron chi connectivity index (χ2n) is 3.66. The lowest BCUT2D eigenvalue weighted by Gasteiger charge is -2.17. The van der Waals surface area contributed by atoms with Crippen molar-refractivity contribution in [1.29, 1.82) is 0 Å². The van der Waals surface area contributed by atoms with Crippen LogP contribution in [0.5, 0.6) is 0 Å². The Morgan fingerprint density at radius 1 is 1.53 bits per heavy atom. The Balaban J connectivity index is 2.33. The van der Waals surface area contributed by atoms with Crippen LogP contribution in [0, 0.1) is 0 Å². The number of imidazole rings is 1. The van der Waals surface area contributed by atoms with Gasteiger partial charge in [0.2, 0.25) is 0 Å². The topological polar surface area (TPSA) is 93.2 Å². The second kappa shape index (κ2) is 6.70. The van der Waals surface area contributed by atoms with Gasteiger partial charge >= 0.3 is 0 Å². The van der Waals surface area contributed by atoms with Gasteiger partial charge in [0, 0.05) is 39.1 Å². The number of hydrogen-bond acceptors (Lipinski definition) is 4. The third-order valence-electron chi connectivity index (χ3n) is 2.30. The predicted molar refractivity (Wildman–Crippen MR) is 65.5 cm³/mol. The summed E-state index contributed by atoms with van der Waals surface area (Å²) in [5.74, 6) is 0. The van der Waals surface area contributed by atoms with Crippen LogP contribution in [0.4, 0.5) is 0 Å². The average molecular weight is 261 g/mol. The minimum Gasteiger partial charge on any atom is -0.336 e. The molecule has 0 aromatic carbocycles. The summed E-state index contributed by atoms with van der Waals surface area (Å²) in [6, 6.07) is 0. The number of nitrogens with two attached hydrogens (primary N) is 1. The van der Waals surface area contributed by atoms with E-state index in [0.29, 0.717) is 32.6 Å². The molecule has 0 aliphatic rings. The maximum Gasteiger partial charge on any atom is 0.279 e. The van der Waals surface area contributed by atoms with Gasteiger partial charge in [-0.05, 0) is 13.0 Å². The summed E-state index contributed by atoms with van der Waals surface area (Å²) >= 11 is 0. The molecular weight excluding hydrogens is 242 g/mol. The Hall–Kier alpha value is -0.960. The Morgan fingerprint density at radius 2 is 2.29 bits per heavy atom. The van der Waals surface area contributed by atoms with Crippen LogP contribution in [0.3, 0.4) is 0 Å². The fourth-order valence-corrected chi connectivity index (χ4v) is 2.21. The second-order valence-corrected chi connectivity index (χ2v) is 5.53. The first-order valence-electron chi connectivity index (χ1n) is 5.43. The first-order chi connectivity index (χ1) is 8.06. The highest BCUT2D eigenvalue weighted by molar-refractivity contribution is 7.87. The van der Waals surface area contributed by atoms with Crippen LogP contribution in [0.15, 0.2) is 18.7 Å². The fraction of sp³-hybridized carbons (Fsp3) is 0.667. The van der Waals surface area contributed by atoms with Gasteiger partial charge in [-0.25, -0.2) is 9.71 Å². The lowest BCUT2D eigenvalue weighted by Crippen LogP contribution is -2.40. The molecular formula is C9H19N5O2S. The van der Waals surface area contributed by atoms with Crippen molar-refractivity contribution in [3.63, 3.8) is 0 Å². The molecule has 0 fully saturated rings. The summed E-state index contributed by atoms with van der Waals surface area (Å²) < 4.78 is 29.0. The fourth-order valence-electron chi connectivity index (χ4n) is 1.27. The molecule has 1 rings (SSSR count). The third-order valence-corrected chi connectivity index (χ3v) is 3.87. The van der Waals surface area contributed by atoms with Crippen LogP contribution in [-0.2, 0) is 16.8 Å². The summed E-state index contributed by atoms with van der Waals surface area (Å²) in [7, 11) is -1.85. The largest absolute Gasteiger partial charge is 0.336 e. The smallest absolute Gasteiger partial charge is 0.279 e. The molecule has 0 atom stereocenters. The molecule has 0 radical (unpaired) electrons. The zero-order valence-electron chi connectivity index (χ0n) is 9.91. The molecule has 0 bridgehead atoms. The van der Waals surface area contributed by atoms with Crippen molar-refractivity contribution in [2.45, 2.75) is 13.0 Å². The van der Waals surface area contributed by atoms with Gasteiger partial charge in [-0.2, -0.15) is 12.7 Å². The summed E-state index contributed by atoms with van der Waals surface area (Å²) in [4.78, 5) is 3.87. The van der Waals surface area contributed by atoms with E-state index in [9.17, 15) is 8.42 Å². The standard InChI is InChI=1S/C9H19N5O2S/c1-13(6-2-3-10)17(15,16)12-5-8-14-7-4-11-9-14/h4,7,9,12H,2-3,5-6,8,10H2,1H3. The molecule has 0 amide bonds. The van der Waals surface area contributed by atoms with E-state index >= 15 is 0 Å². The minimum absolute atomic E-state index is 0.339. The summed E-state index contributed by atoms with van der Waals surface area (Å²) in [5, 5.41) is 0. The molecule has 0 spiro atoms. The van der Waals surface area contributed by atoms with E-state index < -0.39 is 10.2 Å². The zero-order chi connectivity index (χ0) is 12.7. The zero-order valence-corrected chi connectivity index (χ0v) is 10.7. The van der Waals surface area contributed by atoms with Gasteiger partial charge < -0.3 is 10.3 Å². The van der Waals surface area contributed by atoms with E-state index in [1.54, 1.807) is 18.7 Å². The third kappa shape index (κ3) is 4.82. The molecule has 8 heteroatoms. The van der Waals surface area contributed by atoms with E-state index in [2.05, 4.69) is 9.71 Å². The number of nitrogens with one attached hydrogen (secondary N) is 1. The number of nitrogens with zero attached hydrogens (tertiary/aromatic N) is 3. The van der Waals surface area contributed by atoms with Crippen molar-refractivity contribution in [1.82, 2.24) is 18.6 Å². The molecule has 0 aliphatic carbocycles. The number of rotatable bonds is 8. The summed E-state index contributed by atoms with van der Waals surface area (Å²) in [6.07, 6.45) is 5.74. The maximum atomic E-state index is 11.7. The Kier molecular flexibility index (Phi) is 5.56. The Morgan fingerprint density at radius 3 is 2.88 bits per heavy atom. The molecule has 3 N–H and O–H groups in total. The van der Waals surface area contributed by atoms with E-state index in [1.165, 1.54) is 11.4 Å². The molecule has 98 valence electrons. The van der Waals surface area contributed by atoms with Gasteiger partial charge in [-0.3, -0.25) is 0 Å². The molecule has 7 nitrogen and oxygen atoms in total. The quantitative estimate of drug-likeness (QED) is 0.627. The molecule has 0 saturated heterocycles. The van der Waals surface area contributed by atoms with Crippen LogP contribution < -0.4 is 10.5 Å². The molecule has 0 unspecified atom stereocenters. The van der Waals surface area contributed by atoms with Crippen molar-refractivity contribution < 1.29 is 8.42 Å². The van der Waals surface area contributed by atoms with Gasteiger partial charge in [0.15, 0.2) is 0 Å². The Bertz CT molecular complexity index is 403. The van der Waals surface area contributed by atoms with E-state index in [1.807, 2.05) is 4.57 Å². The van der Waals surface area contributed by atoms with Crippen molar-refractivity contribution >= 4 is 10.2 Å².